The number of nitrogens with one attached hydrogen (secondary N) is 1. The van der Waals surface area contributed by atoms with E-state index in [0.717, 1.165) is 35.4 Å². The van der Waals surface area contributed by atoms with Crippen molar-refractivity contribution in [3.8, 4) is 0 Å². The average molecular weight is 281 g/mol. The third-order valence-electron chi connectivity index (χ3n) is 4.59. The zero-order valence-electron chi connectivity index (χ0n) is 12.0. The first kappa shape index (κ1) is 14.7. The van der Waals surface area contributed by atoms with Gasteiger partial charge in [-0.15, -0.1) is 0 Å². The molecule has 3 heteroatoms. The smallest absolute Gasteiger partial charge is 0.0637 e. The van der Waals surface area contributed by atoms with Gasteiger partial charge in [0.25, 0.3) is 0 Å². The number of hydrogen-bond acceptors (Lipinski definition) is 2. The molecule has 0 saturated heterocycles. The van der Waals surface area contributed by atoms with Crippen LogP contribution >= 0.6 is 11.6 Å². The van der Waals surface area contributed by atoms with E-state index < -0.39 is 0 Å². The Kier molecular flexibility index (Phi) is 4.75. The van der Waals surface area contributed by atoms with Crippen molar-refractivity contribution in [2.24, 2.45) is 17.6 Å². The molecule has 2 nitrogen and oxygen atoms in total. The van der Waals surface area contributed by atoms with E-state index in [-0.39, 0.29) is 5.54 Å². The van der Waals surface area contributed by atoms with Gasteiger partial charge in [0, 0.05) is 12.1 Å². The van der Waals surface area contributed by atoms with Gasteiger partial charge in [-0.2, -0.15) is 0 Å². The highest BCUT2D eigenvalue weighted by atomic mass is 35.5. The normalized spacial score (nSPS) is 27.5. The lowest BCUT2D eigenvalue weighted by molar-refractivity contribution is 0.213. The van der Waals surface area contributed by atoms with E-state index >= 15 is 0 Å². The van der Waals surface area contributed by atoms with Crippen molar-refractivity contribution in [2.75, 3.05) is 11.9 Å². The first-order chi connectivity index (χ1) is 9.06. The second kappa shape index (κ2) is 6.15. The van der Waals surface area contributed by atoms with Crippen molar-refractivity contribution in [3.05, 3.63) is 29.3 Å². The van der Waals surface area contributed by atoms with Crippen LogP contribution in [0.25, 0.3) is 0 Å². The topological polar surface area (TPSA) is 38.0 Å². The number of hydrogen-bond donors (Lipinski definition) is 2. The zero-order chi connectivity index (χ0) is 13.9. The molecule has 0 heterocycles. The maximum Gasteiger partial charge on any atom is 0.0637 e. The van der Waals surface area contributed by atoms with Crippen molar-refractivity contribution in [1.82, 2.24) is 0 Å². The number of benzene rings is 1. The van der Waals surface area contributed by atoms with E-state index in [1.165, 1.54) is 12.8 Å². The summed E-state index contributed by atoms with van der Waals surface area (Å²) in [7, 11) is 0. The summed E-state index contributed by atoms with van der Waals surface area (Å²) in [6.45, 7) is 5.31. The van der Waals surface area contributed by atoms with Crippen LogP contribution in [0.2, 0.25) is 5.02 Å². The Bertz CT molecular complexity index is 409. The Morgan fingerprint density at radius 1 is 1.32 bits per heavy atom. The largest absolute Gasteiger partial charge is 0.377 e. The minimum atomic E-state index is 0.0242. The molecule has 0 aromatic heterocycles. The third kappa shape index (κ3) is 3.43. The number of para-hydroxylation sites is 1. The Hall–Kier alpha value is -0.730. The predicted octanol–water partition coefficient (Wildman–Crippen LogP) is 4.30. The summed E-state index contributed by atoms with van der Waals surface area (Å²) in [6.07, 6.45) is 4.79. The second-order valence-corrected chi connectivity index (χ2v) is 6.58. The van der Waals surface area contributed by atoms with Crippen LogP contribution < -0.4 is 11.1 Å². The van der Waals surface area contributed by atoms with Gasteiger partial charge in [-0.1, -0.05) is 37.6 Å². The summed E-state index contributed by atoms with van der Waals surface area (Å²) < 4.78 is 0. The van der Waals surface area contributed by atoms with E-state index in [9.17, 15) is 0 Å². The fraction of sp³-hybridized carbons (Fsp3) is 0.625. The molecule has 0 amide bonds. The quantitative estimate of drug-likeness (QED) is 0.863. The zero-order valence-corrected chi connectivity index (χ0v) is 12.7. The second-order valence-electron chi connectivity index (χ2n) is 6.17. The molecule has 1 aliphatic carbocycles. The van der Waals surface area contributed by atoms with Gasteiger partial charge in [-0.05, 0) is 49.7 Å². The number of anilines is 1. The lowest BCUT2D eigenvalue weighted by Crippen LogP contribution is -2.48. The standard InChI is InChI=1S/C16H25ClN2/c1-12(2)13-7-9-16(11-18,10-8-13)19-15-6-4-3-5-14(15)17/h3-6,12-13,19H,7-11,18H2,1-2H3. The Balaban J connectivity index is 2.07. The van der Waals surface area contributed by atoms with Crippen LogP contribution in [0, 0.1) is 11.8 Å². The lowest BCUT2D eigenvalue weighted by Gasteiger charge is -2.42. The van der Waals surface area contributed by atoms with Crippen LogP contribution in [0.4, 0.5) is 5.69 Å². The van der Waals surface area contributed by atoms with Crippen molar-refractivity contribution in [2.45, 2.75) is 45.1 Å². The van der Waals surface area contributed by atoms with E-state index in [2.05, 4.69) is 19.2 Å². The molecular formula is C16H25ClN2. The highest BCUT2D eigenvalue weighted by Gasteiger charge is 2.35. The van der Waals surface area contributed by atoms with Crippen LogP contribution in [-0.2, 0) is 0 Å². The van der Waals surface area contributed by atoms with Gasteiger partial charge in [0.05, 0.1) is 10.7 Å². The third-order valence-corrected chi connectivity index (χ3v) is 4.92. The van der Waals surface area contributed by atoms with Crippen LogP contribution in [0.1, 0.15) is 39.5 Å². The van der Waals surface area contributed by atoms with Gasteiger partial charge in [0.2, 0.25) is 0 Å². The Morgan fingerprint density at radius 3 is 2.47 bits per heavy atom. The van der Waals surface area contributed by atoms with Crippen LogP contribution in [0.15, 0.2) is 24.3 Å². The molecule has 3 N–H and O–H groups in total. The summed E-state index contributed by atoms with van der Waals surface area (Å²) in [5, 5.41) is 4.39. The van der Waals surface area contributed by atoms with Crippen LogP contribution in [0.3, 0.4) is 0 Å². The fourth-order valence-corrected chi connectivity index (χ4v) is 3.27. The lowest BCUT2D eigenvalue weighted by atomic mass is 9.72. The van der Waals surface area contributed by atoms with Gasteiger partial charge in [-0.25, -0.2) is 0 Å². The highest BCUT2D eigenvalue weighted by molar-refractivity contribution is 6.33. The van der Waals surface area contributed by atoms with Crippen molar-refractivity contribution >= 4 is 17.3 Å². The van der Waals surface area contributed by atoms with Gasteiger partial charge in [-0.3, -0.25) is 0 Å². The molecule has 1 aromatic carbocycles. The molecule has 0 spiro atoms. The molecule has 2 rings (SSSR count). The molecule has 0 bridgehead atoms. The fourth-order valence-electron chi connectivity index (χ4n) is 3.09. The van der Waals surface area contributed by atoms with E-state index in [1.54, 1.807) is 0 Å². The molecule has 19 heavy (non-hydrogen) atoms. The van der Waals surface area contributed by atoms with E-state index in [0.29, 0.717) is 6.54 Å². The molecule has 0 radical (unpaired) electrons. The summed E-state index contributed by atoms with van der Waals surface area (Å²) in [5.41, 5.74) is 7.09. The first-order valence-corrected chi connectivity index (χ1v) is 7.67. The number of rotatable bonds is 4. The number of halogens is 1. The molecule has 106 valence electrons. The molecule has 1 aliphatic rings. The molecular weight excluding hydrogens is 256 g/mol. The summed E-state index contributed by atoms with van der Waals surface area (Å²) in [4.78, 5) is 0. The molecule has 1 aromatic rings. The monoisotopic (exact) mass is 280 g/mol. The van der Waals surface area contributed by atoms with Crippen molar-refractivity contribution in [3.63, 3.8) is 0 Å². The van der Waals surface area contributed by atoms with Crippen molar-refractivity contribution < 1.29 is 0 Å². The van der Waals surface area contributed by atoms with Gasteiger partial charge in [0.1, 0.15) is 0 Å². The number of nitrogens with two attached hydrogens (primary N) is 1. The summed E-state index contributed by atoms with van der Waals surface area (Å²) in [6, 6.07) is 7.93. The molecule has 0 aliphatic heterocycles. The Labute approximate surface area is 121 Å². The minimum Gasteiger partial charge on any atom is -0.377 e. The highest BCUT2D eigenvalue weighted by Crippen LogP contribution is 2.38. The first-order valence-electron chi connectivity index (χ1n) is 7.29. The molecule has 1 saturated carbocycles. The summed E-state index contributed by atoms with van der Waals surface area (Å²) >= 11 is 6.24. The van der Waals surface area contributed by atoms with E-state index in [1.807, 2.05) is 24.3 Å². The van der Waals surface area contributed by atoms with Gasteiger partial charge < -0.3 is 11.1 Å². The van der Waals surface area contributed by atoms with Crippen LogP contribution in [-0.4, -0.2) is 12.1 Å². The molecule has 0 atom stereocenters. The minimum absolute atomic E-state index is 0.0242. The maximum atomic E-state index is 6.24. The Morgan fingerprint density at radius 2 is 1.95 bits per heavy atom. The average Bonchev–Trinajstić information content (AvgIpc) is 2.42. The van der Waals surface area contributed by atoms with Gasteiger partial charge in [0.15, 0.2) is 0 Å². The predicted molar refractivity (Wildman–Crippen MR) is 83.7 cm³/mol. The molecule has 0 unspecified atom stereocenters. The summed E-state index contributed by atoms with van der Waals surface area (Å²) in [5.74, 6) is 1.61. The van der Waals surface area contributed by atoms with E-state index in [4.69, 9.17) is 17.3 Å². The van der Waals surface area contributed by atoms with Crippen molar-refractivity contribution in [1.29, 1.82) is 0 Å². The maximum absolute atomic E-state index is 6.24. The van der Waals surface area contributed by atoms with Gasteiger partial charge >= 0.3 is 0 Å². The molecule has 1 fully saturated rings. The SMILES string of the molecule is CC(C)C1CCC(CN)(Nc2ccccc2Cl)CC1. The van der Waals surface area contributed by atoms with Crippen LogP contribution in [0.5, 0.6) is 0 Å².